The predicted octanol–water partition coefficient (Wildman–Crippen LogP) is 3.27. The van der Waals surface area contributed by atoms with Gasteiger partial charge < -0.3 is 14.2 Å². The zero-order valence-corrected chi connectivity index (χ0v) is 10.7. The van der Waals surface area contributed by atoms with Gasteiger partial charge in [0.15, 0.2) is 7.34 Å². The van der Waals surface area contributed by atoms with Crippen LogP contribution >= 0.6 is 7.34 Å². The molecule has 0 radical (unpaired) electrons. The fraction of sp³-hybridized carbons (Fsp3) is 0.182. The summed E-state index contributed by atoms with van der Waals surface area (Å²) in [6.07, 6.45) is 3.53. The maximum atomic E-state index is 9.63. The van der Waals surface area contributed by atoms with E-state index in [-0.39, 0.29) is 6.73 Å². The molecule has 1 N–H and O–H groups in total. The van der Waals surface area contributed by atoms with Crippen LogP contribution in [0.1, 0.15) is 5.56 Å². The van der Waals surface area contributed by atoms with Gasteiger partial charge in [0.05, 0.1) is 6.61 Å². The van der Waals surface area contributed by atoms with Gasteiger partial charge in [-0.25, -0.2) is 0 Å². The normalized spacial score (nSPS) is 13.2. The van der Waals surface area contributed by atoms with E-state index in [0.717, 1.165) is 5.56 Å². The van der Waals surface area contributed by atoms with Gasteiger partial charge in [-0.1, -0.05) is 23.8 Å². The molecule has 6 nitrogen and oxygen atoms in total. The maximum Gasteiger partial charge on any atom is 0.186 e. The summed E-state index contributed by atoms with van der Waals surface area (Å²) in [6.45, 7) is 3.79. The highest BCUT2D eigenvalue weighted by atomic mass is 31.2. The van der Waals surface area contributed by atoms with Crippen molar-refractivity contribution in [1.82, 2.24) is 0 Å². The standard InChI is InChI=1S/C11H14N3O3P/c1-3-18(2,15)17-11-6-4-10(5-7-11)8-16-9-13-14-12/h3-7,15H,1-2,8-9H2. The molecule has 0 heterocycles. The predicted molar refractivity (Wildman–Crippen MR) is 72.3 cm³/mol. The molecule has 0 aromatic heterocycles. The molecular formula is C11H14N3O3P. The second-order valence-electron chi connectivity index (χ2n) is 3.38. The topological polar surface area (TPSA) is 87.5 Å². The molecule has 7 heteroatoms. The molecule has 96 valence electrons. The summed E-state index contributed by atoms with van der Waals surface area (Å²) < 4.78 is 10.4. The van der Waals surface area contributed by atoms with E-state index in [1.54, 1.807) is 24.3 Å². The van der Waals surface area contributed by atoms with Gasteiger partial charge in [-0.3, -0.25) is 0 Å². The first-order chi connectivity index (χ1) is 8.57. The number of rotatable bonds is 7. The molecule has 1 atom stereocenters. The summed E-state index contributed by atoms with van der Waals surface area (Å²) >= 11 is 0. The maximum absolute atomic E-state index is 9.63. The molecule has 0 aliphatic rings. The Kier molecular flexibility index (Phi) is 5.49. The summed E-state index contributed by atoms with van der Waals surface area (Å²) in [7, 11) is -2.76. The van der Waals surface area contributed by atoms with Gasteiger partial charge in [0, 0.05) is 4.91 Å². The Morgan fingerprint density at radius 1 is 1.44 bits per heavy atom. The quantitative estimate of drug-likeness (QED) is 0.270. The van der Waals surface area contributed by atoms with Gasteiger partial charge in [-0.05, 0) is 35.3 Å². The van der Waals surface area contributed by atoms with Crippen molar-refractivity contribution in [2.45, 2.75) is 6.61 Å². The molecule has 0 amide bonds. The largest absolute Gasteiger partial charge is 0.450 e. The first-order valence-corrected chi connectivity index (χ1v) is 6.95. The highest BCUT2D eigenvalue weighted by Crippen LogP contribution is 2.42. The molecule has 0 saturated carbocycles. The molecule has 0 saturated heterocycles. The minimum atomic E-state index is -2.76. The van der Waals surface area contributed by atoms with Gasteiger partial charge in [-0.15, -0.1) is 0 Å². The van der Waals surface area contributed by atoms with Gasteiger partial charge in [0.1, 0.15) is 12.5 Å². The Labute approximate surface area is 105 Å². The Hall–Kier alpha value is -1.71. The average molecular weight is 267 g/mol. The zero-order valence-electron chi connectivity index (χ0n) is 9.77. The van der Waals surface area contributed by atoms with E-state index in [0.29, 0.717) is 12.4 Å². The number of hydrogen-bond acceptors (Lipinski definition) is 4. The lowest BCUT2D eigenvalue weighted by atomic mass is 10.2. The van der Waals surface area contributed by atoms with E-state index >= 15 is 0 Å². The van der Waals surface area contributed by atoms with Crippen molar-refractivity contribution in [3.63, 3.8) is 0 Å². The fourth-order valence-corrected chi connectivity index (χ4v) is 1.66. The van der Waals surface area contributed by atoms with Crippen molar-refractivity contribution >= 4 is 13.6 Å². The molecule has 0 spiro atoms. The van der Waals surface area contributed by atoms with Crippen LogP contribution in [-0.2, 0) is 11.3 Å². The Balaban J connectivity index is 2.54. The Morgan fingerprint density at radius 3 is 2.67 bits per heavy atom. The number of benzene rings is 1. The molecule has 0 bridgehead atoms. The van der Waals surface area contributed by atoms with E-state index in [1.165, 1.54) is 5.82 Å². The van der Waals surface area contributed by atoms with E-state index in [4.69, 9.17) is 14.8 Å². The molecule has 0 aliphatic heterocycles. The van der Waals surface area contributed by atoms with Crippen molar-refractivity contribution in [3.05, 3.63) is 52.7 Å². The van der Waals surface area contributed by atoms with Crippen LogP contribution in [0, 0.1) is 0 Å². The summed E-state index contributed by atoms with van der Waals surface area (Å²) in [6, 6.07) is 6.97. The van der Waals surface area contributed by atoms with E-state index < -0.39 is 7.34 Å². The van der Waals surface area contributed by atoms with Gasteiger partial charge in [-0.2, -0.15) is 0 Å². The SMILES string of the molecule is C=CP(=C)(O)Oc1ccc(COCN=[N+]=[N-])cc1. The van der Waals surface area contributed by atoms with E-state index in [2.05, 4.69) is 22.9 Å². The van der Waals surface area contributed by atoms with Crippen molar-refractivity contribution in [1.29, 1.82) is 0 Å². The molecule has 0 aliphatic carbocycles. The third-order valence-electron chi connectivity index (χ3n) is 1.95. The van der Waals surface area contributed by atoms with Gasteiger partial charge >= 0.3 is 0 Å². The third-order valence-corrected chi connectivity index (χ3v) is 3.05. The lowest BCUT2D eigenvalue weighted by Gasteiger charge is -2.14. The number of azide groups is 1. The first kappa shape index (κ1) is 14.4. The van der Waals surface area contributed by atoms with Gasteiger partial charge in [0.2, 0.25) is 0 Å². The van der Waals surface area contributed by atoms with E-state index in [9.17, 15) is 4.89 Å². The van der Waals surface area contributed by atoms with Crippen molar-refractivity contribution < 1.29 is 14.2 Å². The highest BCUT2D eigenvalue weighted by Gasteiger charge is 2.06. The zero-order chi connectivity index (χ0) is 13.4. The minimum absolute atomic E-state index is 0.00459. The van der Waals surface area contributed by atoms with Crippen LogP contribution in [0.25, 0.3) is 10.4 Å². The molecule has 1 aromatic carbocycles. The fourth-order valence-electron chi connectivity index (χ4n) is 1.10. The number of ether oxygens (including phenoxy) is 1. The van der Waals surface area contributed by atoms with Crippen LogP contribution in [0.5, 0.6) is 5.75 Å². The summed E-state index contributed by atoms with van der Waals surface area (Å²) in [5, 5.41) is 3.25. The summed E-state index contributed by atoms with van der Waals surface area (Å²) in [4.78, 5) is 12.2. The van der Waals surface area contributed by atoms with E-state index in [1.807, 2.05) is 0 Å². The monoisotopic (exact) mass is 267 g/mol. The lowest BCUT2D eigenvalue weighted by molar-refractivity contribution is 0.127. The number of nitrogens with zero attached hydrogens (tertiary/aromatic N) is 3. The molecule has 18 heavy (non-hydrogen) atoms. The molecular weight excluding hydrogens is 253 g/mol. The van der Waals surface area contributed by atoms with Crippen molar-refractivity contribution in [2.75, 3.05) is 6.73 Å². The number of hydrogen-bond donors (Lipinski definition) is 1. The van der Waals surface area contributed by atoms with Crippen LogP contribution in [0.2, 0.25) is 0 Å². The molecule has 1 rings (SSSR count). The van der Waals surface area contributed by atoms with Crippen LogP contribution < -0.4 is 4.52 Å². The molecule has 0 fully saturated rings. The smallest absolute Gasteiger partial charge is 0.186 e. The Morgan fingerprint density at radius 2 is 2.11 bits per heavy atom. The summed E-state index contributed by atoms with van der Waals surface area (Å²) in [5.41, 5.74) is 8.96. The minimum Gasteiger partial charge on any atom is -0.450 e. The first-order valence-electron chi connectivity index (χ1n) is 5.04. The van der Waals surface area contributed by atoms with Crippen LogP contribution in [0.3, 0.4) is 0 Å². The van der Waals surface area contributed by atoms with Crippen molar-refractivity contribution in [3.8, 4) is 5.75 Å². The average Bonchev–Trinajstić information content (AvgIpc) is 2.36. The van der Waals surface area contributed by atoms with Crippen molar-refractivity contribution in [2.24, 2.45) is 5.11 Å². The van der Waals surface area contributed by atoms with Crippen LogP contribution in [0.15, 0.2) is 41.8 Å². The molecule has 1 unspecified atom stereocenters. The second-order valence-corrected chi connectivity index (χ2v) is 5.44. The lowest BCUT2D eigenvalue weighted by Crippen LogP contribution is -1.93. The van der Waals surface area contributed by atoms with Crippen LogP contribution in [-0.4, -0.2) is 17.9 Å². The van der Waals surface area contributed by atoms with Gasteiger partial charge in [0.25, 0.3) is 0 Å². The summed E-state index contributed by atoms with van der Waals surface area (Å²) in [5.74, 6) is 1.82. The Bertz CT molecular complexity index is 495. The highest BCUT2D eigenvalue weighted by molar-refractivity contribution is 7.66. The van der Waals surface area contributed by atoms with Crippen LogP contribution in [0.4, 0.5) is 0 Å². The second kappa shape index (κ2) is 6.89. The third kappa shape index (κ3) is 5.08. The molecule has 1 aromatic rings.